The van der Waals surface area contributed by atoms with Gasteiger partial charge in [-0.1, -0.05) is 39.0 Å². The first-order chi connectivity index (χ1) is 12.3. The van der Waals surface area contributed by atoms with E-state index in [-0.39, 0.29) is 0 Å². The van der Waals surface area contributed by atoms with Crippen LogP contribution in [-0.2, 0) is 10.3 Å². The van der Waals surface area contributed by atoms with Gasteiger partial charge < -0.3 is 9.84 Å². The van der Waals surface area contributed by atoms with Gasteiger partial charge in [0.05, 0.1) is 25.2 Å². The highest BCUT2D eigenvalue weighted by Crippen LogP contribution is 2.33. The van der Waals surface area contributed by atoms with E-state index in [0.717, 1.165) is 18.8 Å². The van der Waals surface area contributed by atoms with E-state index < -0.39 is 11.7 Å². The molecule has 1 aromatic rings. The molecule has 146 valence electrons. The van der Waals surface area contributed by atoms with Crippen LogP contribution in [0.25, 0.3) is 0 Å². The lowest BCUT2D eigenvalue weighted by molar-refractivity contribution is 0.0734. The van der Waals surface area contributed by atoms with Gasteiger partial charge >= 0.3 is 6.09 Å². The Morgan fingerprint density at radius 2 is 2.04 bits per heavy atom. The highest BCUT2D eigenvalue weighted by molar-refractivity contribution is 5.86. The van der Waals surface area contributed by atoms with E-state index >= 15 is 0 Å². The first-order valence-electron chi connectivity index (χ1n) is 9.75. The van der Waals surface area contributed by atoms with Crippen molar-refractivity contribution in [2.45, 2.75) is 71.3 Å². The van der Waals surface area contributed by atoms with Crippen molar-refractivity contribution in [2.24, 2.45) is 11.8 Å². The summed E-state index contributed by atoms with van der Waals surface area (Å²) in [6, 6.07) is 0. The second-order valence-electron chi connectivity index (χ2n) is 7.94. The van der Waals surface area contributed by atoms with Crippen LogP contribution in [-0.4, -0.2) is 34.8 Å². The molecule has 1 aromatic heterocycles. The van der Waals surface area contributed by atoms with Crippen LogP contribution in [0.3, 0.4) is 0 Å². The third kappa shape index (κ3) is 5.66. The zero-order chi connectivity index (χ0) is 19.2. The highest BCUT2D eigenvalue weighted by atomic mass is 16.5. The second-order valence-corrected chi connectivity index (χ2v) is 7.94. The van der Waals surface area contributed by atoms with Crippen LogP contribution >= 0.6 is 0 Å². The summed E-state index contributed by atoms with van der Waals surface area (Å²) in [4.78, 5) is 22.5. The van der Waals surface area contributed by atoms with Crippen LogP contribution in [0.2, 0.25) is 0 Å². The molecule has 1 heterocycles. The van der Waals surface area contributed by atoms with Crippen LogP contribution < -0.4 is 4.90 Å². The minimum absolute atomic E-state index is 0.411. The van der Waals surface area contributed by atoms with Crippen molar-refractivity contribution < 1.29 is 14.6 Å². The van der Waals surface area contributed by atoms with Crippen molar-refractivity contribution in [3.8, 4) is 0 Å². The fourth-order valence-electron chi connectivity index (χ4n) is 3.73. The molecule has 2 unspecified atom stereocenters. The van der Waals surface area contributed by atoms with E-state index in [1.54, 1.807) is 24.9 Å². The van der Waals surface area contributed by atoms with E-state index in [9.17, 15) is 9.90 Å². The molecule has 0 radical (unpaired) electrons. The number of hydrogen-bond acceptors (Lipinski definition) is 5. The fourth-order valence-corrected chi connectivity index (χ4v) is 3.73. The molecule has 1 N–H and O–H groups in total. The Hall–Kier alpha value is -1.69. The average Bonchev–Trinajstić information content (AvgIpc) is 2.63. The summed E-state index contributed by atoms with van der Waals surface area (Å²) < 4.78 is 4.97. The number of carbonyl (C=O) groups is 1. The number of ether oxygens (including phenoxy) is 1. The summed E-state index contributed by atoms with van der Waals surface area (Å²) in [7, 11) is 1.39. The summed E-state index contributed by atoms with van der Waals surface area (Å²) in [6.45, 7) is 6.15. The number of unbranched alkanes of at least 4 members (excludes halogenated alkanes) is 1. The number of anilines is 1. The van der Waals surface area contributed by atoms with Gasteiger partial charge in [-0.25, -0.2) is 9.78 Å². The molecule has 6 heteroatoms. The summed E-state index contributed by atoms with van der Waals surface area (Å²) in [5, 5.41) is 10.0. The number of carbonyl (C=O) groups excluding carboxylic acids is 1. The predicted octanol–water partition coefficient (Wildman–Crippen LogP) is 4.27. The van der Waals surface area contributed by atoms with Crippen molar-refractivity contribution in [3.05, 3.63) is 18.1 Å². The molecule has 0 saturated heterocycles. The lowest BCUT2D eigenvalue weighted by atomic mass is 9.79. The molecule has 0 spiro atoms. The first kappa shape index (κ1) is 20.6. The maximum absolute atomic E-state index is 12.3. The van der Waals surface area contributed by atoms with Gasteiger partial charge in [0, 0.05) is 6.54 Å². The predicted molar refractivity (Wildman–Crippen MR) is 102 cm³/mol. The molecule has 6 nitrogen and oxygen atoms in total. The van der Waals surface area contributed by atoms with Gasteiger partial charge in [0.15, 0.2) is 5.82 Å². The Morgan fingerprint density at radius 3 is 2.62 bits per heavy atom. The number of amides is 1. The Morgan fingerprint density at radius 1 is 1.31 bits per heavy atom. The van der Waals surface area contributed by atoms with Crippen molar-refractivity contribution in [1.82, 2.24) is 9.97 Å². The average molecular weight is 364 g/mol. The van der Waals surface area contributed by atoms with Crippen LogP contribution in [0.15, 0.2) is 12.4 Å². The molecule has 0 aromatic carbocycles. The molecule has 1 fully saturated rings. The molecule has 26 heavy (non-hydrogen) atoms. The van der Waals surface area contributed by atoms with E-state index in [2.05, 4.69) is 16.9 Å². The van der Waals surface area contributed by atoms with Crippen molar-refractivity contribution in [2.75, 3.05) is 18.6 Å². The van der Waals surface area contributed by atoms with E-state index in [4.69, 9.17) is 4.74 Å². The SMILES string of the molecule is CCCCC1CCCC(CN(C(=O)OC)c2cnc(C(C)(C)O)cn2)C1. The van der Waals surface area contributed by atoms with Crippen molar-refractivity contribution in [1.29, 1.82) is 0 Å². The number of aromatic nitrogens is 2. The largest absolute Gasteiger partial charge is 0.452 e. The minimum Gasteiger partial charge on any atom is -0.452 e. The van der Waals surface area contributed by atoms with Gasteiger partial charge in [-0.2, -0.15) is 0 Å². The monoisotopic (exact) mass is 363 g/mol. The molecule has 1 aliphatic rings. The van der Waals surface area contributed by atoms with Crippen LogP contribution in [0.4, 0.5) is 10.6 Å². The normalized spacial score (nSPS) is 20.7. The molecule has 0 bridgehead atoms. The molecule has 2 rings (SSSR count). The molecule has 1 saturated carbocycles. The summed E-state index contributed by atoms with van der Waals surface area (Å²) in [5.74, 6) is 1.69. The van der Waals surface area contributed by atoms with Crippen molar-refractivity contribution in [3.63, 3.8) is 0 Å². The summed E-state index contributed by atoms with van der Waals surface area (Å²) in [5.41, 5.74) is -0.583. The van der Waals surface area contributed by atoms with Crippen molar-refractivity contribution >= 4 is 11.9 Å². The van der Waals surface area contributed by atoms with Gasteiger partial charge in [0.1, 0.15) is 5.60 Å². The number of rotatable bonds is 7. The number of nitrogens with zero attached hydrogens (tertiary/aromatic N) is 3. The molecule has 0 aliphatic heterocycles. The summed E-state index contributed by atoms with van der Waals surface area (Å²) in [6.07, 6.45) is 11.3. The van der Waals surface area contributed by atoms with Gasteiger partial charge in [-0.3, -0.25) is 9.88 Å². The third-order valence-electron chi connectivity index (χ3n) is 5.23. The Bertz CT molecular complexity index is 569. The highest BCUT2D eigenvalue weighted by Gasteiger charge is 2.28. The molecular formula is C20H33N3O3. The van der Waals surface area contributed by atoms with Gasteiger partial charge in [0.2, 0.25) is 0 Å². The van der Waals surface area contributed by atoms with Gasteiger partial charge in [-0.05, 0) is 38.5 Å². The maximum Gasteiger partial charge on any atom is 0.415 e. The maximum atomic E-state index is 12.3. The number of methoxy groups -OCH3 is 1. The zero-order valence-electron chi connectivity index (χ0n) is 16.6. The van der Waals surface area contributed by atoms with Gasteiger partial charge in [-0.15, -0.1) is 0 Å². The summed E-state index contributed by atoms with van der Waals surface area (Å²) >= 11 is 0. The smallest absolute Gasteiger partial charge is 0.415 e. The molecule has 1 aliphatic carbocycles. The molecule has 1 amide bonds. The van der Waals surface area contributed by atoms with E-state index in [0.29, 0.717) is 24.0 Å². The second kappa shape index (κ2) is 9.31. The Labute approximate surface area is 157 Å². The lowest BCUT2D eigenvalue weighted by Gasteiger charge is -2.32. The fraction of sp³-hybridized carbons (Fsp3) is 0.750. The van der Waals surface area contributed by atoms with Crippen LogP contribution in [0.5, 0.6) is 0 Å². The molecule has 2 atom stereocenters. The Kier molecular flexibility index (Phi) is 7.38. The first-order valence-corrected chi connectivity index (χ1v) is 9.75. The lowest BCUT2D eigenvalue weighted by Crippen LogP contribution is -2.37. The quantitative estimate of drug-likeness (QED) is 0.783. The topological polar surface area (TPSA) is 75.6 Å². The van der Waals surface area contributed by atoms with E-state index in [1.165, 1.54) is 45.4 Å². The zero-order valence-corrected chi connectivity index (χ0v) is 16.6. The standard InChI is InChI=1S/C20H33N3O3/c1-5-6-8-15-9-7-10-16(11-15)14-23(19(24)26-4)18-13-21-17(12-22-18)20(2,3)25/h12-13,15-16,25H,5-11,14H2,1-4H3. The number of aliphatic hydroxyl groups is 1. The van der Waals surface area contributed by atoms with Gasteiger partial charge in [0.25, 0.3) is 0 Å². The minimum atomic E-state index is -1.06. The van der Waals surface area contributed by atoms with E-state index in [1.807, 2.05) is 0 Å². The number of hydrogen-bond donors (Lipinski definition) is 1. The van der Waals surface area contributed by atoms with Crippen LogP contribution in [0.1, 0.15) is 71.4 Å². The molecular weight excluding hydrogens is 330 g/mol. The Balaban J connectivity index is 2.09. The van der Waals surface area contributed by atoms with Crippen LogP contribution in [0, 0.1) is 11.8 Å². The third-order valence-corrected chi connectivity index (χ3v) is 5.23.